The van der Waals surface area contributed by atoms with Crippen molar-refractivity contribution in [1.29, 1.82) is 0 Å². The van der Waals surface area contributed by atoms with Crippen molar-refractivity contribution >= 4 is 25.7 Å². The van der Waals surface area contributed by atoms with Crippen molar-refractivity contribution in [3.8, 4) is 0 Å². The molecule has 0 saturated carbocycles. The van der Waals surface area contributed by atoms with Crippen LogP contribution in [0, 0.1) is 0 Å². The summed E-state index contributed by atoms with van der Waals surface area (Å²) >= 11 is -3.72. The Labute approximate surface area is 43.2 Å². The average molecular weight is 221 g/mol. The molecule has 0 N–H and O–H groups in total. The van der Waals surface area contributed by atoms with Gasteiger partial charge in [0.2, 0.25) is 0 Å². The van der Waals surface area contributed by atoms with E-state index in [9.17, 15) is 2.81 Å². The van der Waals surface area contributed by atoms with E-state index in [2.05, 4.69) is 0 Å². The van der Waals surface area contributed by atoms with Gasteiger partial charge in [-0.2, -0.15) is 0 Å². The normalized spacial score (nSPS) is 19.2. The summed E-state index contributed by atoms with van der Waals surface area (Å²) in [6.45, 7) is 0. The fraction of sp³-hybridized carbons (Fsp3) is 1.00. The van der Waals surface area contributed by atoms with E-state index in [-0.39, 0.29) is 0 Å². The van der Waals surface area contributed by atoms with E-state index in [1.54, 1.807) is 0 Å². The third-order valence-corrected chi connectivity index (χ3v) is 0. The molecule has 0 fully saturated rings. The van der Waals surface area contributed by atoms with E-state index in [0.29, 0.717) is 0 Å². The van der Waals surface area contributed by atoms with Crippen LogP contribution in [0.2, 0.25) is 14.6 Å². The van der Waals surface area contributed by atoms with Crippen LogP contribution < -0.4 is 0 Å². The van der Waals surface area contributed by atoms with Gasteiger partial charge in [-0.1, -0.05) is 0 Å². The van der Waals surface area contributed by atoms with Crippen molar-refractivity contribution in [3.05, 3.63) is 0 Å². The van der Waals surface area contributed by atoms with Gasteiger partial charge in [0.15, 0.2) is 0 Å². The quantitative estimate of drug-likeness (QED) is 0.551. The molecule has 0 spiro atoms. The van der Waals surface area contributed by atoms with Gasteiger partial charge >= 0.3 is 43.1 Å². The maximum atomic E-state index is 12.3. The van der Waals surface area contributed by atoms with Gasteiger partial charge in [0.25, 0.3) is 0 Å². The van der Waals surface area contributed by atoms with Crippen LogP contribution in [0.5, 0.6) is 0 Å². The topological polar surface area (TPSA) is 0 Å². The Balaban J connectivity index is 3.73. The molecular formula is C3H9ClFSb. The molecule has 0 rings (SSSR count). The Morgan fingerprint density at radius 3 is 1.33 bits per heavy atom. The molecule has 0 saturated heterocycles. The van der Waals surface area contributed by atoms with Crippen LogP contribution >= 0.6 is 8.83 Å². The summed E-state index contributed by atoms with van der Waals surface area (Å²) in [5.41, 5.74) is 0. The third kappa shape index (κ3) is 76.2. The Morgan fingerprint density at radius 1 is 1.33 bits per heavy atom. The van der Waals surface area contributed by atoms with Gasteiger partial charge in [-0.05, 0) is 0 Å². The number of halogens is 2. The summed E-state index contributed by atoms with van der Waals surface area (Å²) < 4.78 is 12.3. The SMILES string of the molecule is [CH3][Sb]([CH3])([CH3])([F])[Cl]. The molecule has 0 aromatic carbocycles. The van der Waals surface area contributed by atoms with Crippen LogP contribution in [0.15, 0.2) is 0 Å². The van der Waals surface area contributed by atoms with Crippen molar-refractivity contribution in [2.24, 2.45) is 0 Å². The van der Waals surface area contributed by atoms with Gasteiger partial charge in [-0.25, -0.2) is 0 Å². The maximum absolute atomic E-state index is 12.3. The fourth-order valence-electron chi connectivity index (χ4n) is 0. The van der Waals surface area contributed by atoms with Crippen molar-refractivity contribution < 1.29 is 2.81 Å². The molecule has 0 nitrogen and oxygen atoms in total. The van der Waals surface area contributed by atoms with Gasteiger partial charge < -0.3 is 0 Å². The second kappa shape index (κ2) is 1.26. The van der Waals surface area contributed by atoms with Crippen LogP contribution in [0.25, 0.3) is 0 Å². The number of hydrogen-bond donors (Lipinski definition) is 0. The van der Waals surface area contributed by atoms with E-state index in [1.807, 2.05) is 0 Å². The zero-order valence-electron chi connectivity index (χ0n) is 4.20. The molecule has 0 aromatic heterocycles. The second-order valence-corrected chi connectivity index (χ2v) is 23.9. The molecule has 40 valence electrons. The van der Waals surface area contributed by atoms with Gasteiger partial charge in [0.05, 0.1) is 0 Å². The fourth-order valence-corrected chi connectivity index (χ4v) is 0. The summed E-state index contributed by atoms with van der Waals surface area (Å²) in [5.74, 6) is 0. The molecule has 0 bridgehead atoms. The molecule has 0 amide bonds. The van der Waals surface area contributed by atoms with Crippen LogP contribution in [0.3, 0.4) is 0 Å². The summed E-state index contributed by atoms with van der Waals surface area (Å²) in [7, 11) is 5.32. The molecule has 0 atom stereocenters. The molecule has 6 heavy (non-hydrogen) atoms. The van der Waals surface area contributed by atoms with Crippen LogP contribution in [0.4, 0.5) is 2.81 Å². The zero-order chi connectivity index (χ0) is 5.45. The standard InChI is InChI=1S/3CH3.ClH.FH.Sb/h3*1H3;2*1H;/q;;;;;+2/p-2. The van der Waals surface area contributed by atoms with Gasteiger partial charge in [-0.3, -0.25) is 0 Å². The Hall–Kier alpha value is 1.04. The predicted molar refractivity (Wildman–Crippen MR) is 30.3 cm³/mol. The Morgan fingerprint density at radius 2 is 1.33 bits per heavy atom. The molecule has 0 heterocycles. The van der Waals surface area contributed by atoms with E-state index < -0.39 is 16.8 Å². The van der Waals surface area contributed by atoms with Crippen molar-refractivity contribution in [3.63, 3.8) is 0 Å². The Kier molecular flexibility index (Phi) is 1.48. The monoisotopic (exact) mass is 220 g/mol. The van der Waals surface area contributed by atoms with Gasteiger partial charge in [0.1, 0.15) is 0 Å². The zero-order valence-corrected chi connectivity index (χ0v) is 7.51. The first kappa shape index (κ1) is 7.04. The molecular weight excluding hydrogens is 212 g/mol. The van der Waals surface area contributed by atoms with E-state index in [0.717, 1.165) is 0 Å². The molecule has 0 aliphatic carbocycles. The van der Waals surface area contributed by atoms with Gasteiger partial charge in [0, 0.05) is 0 Å². The number of hydrogen-bond acceptors (Lipinski definition) is 0. The van der Waals surface area contributed by atoms with Crippen LogP contribution in [-0.4, -0.2) is 16.8 Å². The Bertz CT molecular complexity index is 44.0. The molecule has 0 unspecified atom stereocenters. The first-order chi connectivity index (χ1) is 2.24. The van der Waals surface area contributed by atoms with Crippen molar-refractivity contribution in [2.45, 2.75) is 14.6 Å². The first-order valence-electron chi connectivity index (χ1n) is 1.68. The minimum absolute atomic E-state index is 1.51. The third-order valence-electron chi connectivity index (χ3n) is 0. The first-order valence-corrected chi connectivity index (χ1v) is 13.5. The van der Waals surface area contributed by atoms with Crippen LogP contribution in [-0.2, 0) is 0 Å². The summed E-state index contributed by atoms with van der Waals surface area (Å²) in [4.78, 5) is 4.53. The summed E-state index contributed by atoms with van der Waals surface area (Å²) in [6, 6.07) is 0. The van der Waals surface area contributed by atoms with Crippen molar-refractivity contribution in [1.82, 2.24) is 0 Å². The minimum atomic E-state index is -3.72. The second-order valence-electron chi connectivity index (χ2n) is 2.42. The molecule has 3 heteroatoms. The van der Waals surface area contributed by atoms with Crippen LogP contribution in [0.1, 0.15) is 0 Å². The molecule has 0 aliphatic rings. The van der Waals surface area contributed by atoms with Crippen molar-refractivity contribution in [2.75, 3.05) is 0 Å². The van der Waals surface area contributed by atoms with E-state index in [4.69, 9.17) is 8.83 Å². The number of rotatable bonds is 0. The predicted octanol–water partition coefficient (Wildman–Crippen LogP) is 2.48. The van der Waals surface area contributed by atoms with E-state index in [1.165, 1.54) is 14.6 Å². The summed E-state index contributed by atoms with van der Waals surface area (Å²) in [6.07, 6.45) is 0. The van der Waals surface area contributed by atoms with E-state index >= 15 is 0 Å². The average Bonchev–Trinajstić information content (AvgIpc) is 0.650. The molecule has 0 aromatic rings. The summed E-state index contributed by atoms with van der Waals surface area (Å²) in [5, 5.41) is 0. The molecule has 0 radical (unpaired) electrons. The molecule has 0 aliphatic heterocycles. The van der Waals surface area contributed by atoms with Gasteiger partial charge in [-0.15, -0.1) is 0 Å².